The second-order valence-electron chi connectivity index (χ2n) is 6.27. The van der Waals surface area contributed by atoms with Crippen molar-refractivity contribution < 1.29 is 31.1 Å². The van der Waals surface area contributed by atoms with Crippen LogP contribution in [0.5, 0.6) is 5.75 Å². The number of carbonyl (C=O) groups is 1. The third-order valence-corrected chi connectivity index (χ3v) is 5.02. The summed E-state index contributed by atoms with van der Waals surface area (Å²) in [5, 5.41) is 2.58. The van der Waals surface area contributed by atoms with Gasteiger partial charge in [0.15, 0.2) is 0 Å². The quantitative estimate of drug-likeness (QED) is 0.728. The van der Waals surface area contributed by atoms with Crippen LogP contribution in [0.4, 0.5) is 24.5 Å². The molecule has 0 saturated heterocycles. The number of carbonyl (C=O) groups excluding carboxylic acids is 1. The van der Waals surface area contributed by atoms with Gasteiger partial charge in [0, 0.05) is 18.7 Å². The second-order valence-corrected chi connectivity index (χ2v) is 7.92. The van der Waals surface area contributed by atoms with E-state index in [1.54, 1.807) is 19.9 Å². The molecule has 2 aromatic carbocycles. The number of amides is 1. The Kier molecular flexibility index (Phi) is 6.23. The van der Waals surface area contributed by atoms with Crippen LogP contribution in [-0.4, -0.2) is 20.7 Å². The zero-order chi connectivity index (χ0) is 21.1. The maximum absolute atomic E-state index is 12.8. The SMILES string of the molecule is CC(=O)Nc1ccc(S(=O)(=O)Nc2cccc(OC(F)(F)F)c2)c(C(C)C)c1. The number of sulfonamides is 1. The Balaban J connectivity index is 2.37. The highest BCUT2D eigenvalue weighted by Gasteiger charge is 2.31. The van der Waals surface area contributed by atoms with Crippen molar-refractivity contribution in [2.75, 3.05) is 10.0 Å². The first-order valence-electron chi connectivity index (χ1n) is 8.17. The number of alkyl halides is 3. The van der Waals surface area contributed by atoms with Gasteiger partial charge in [-0.25, -0.2) is 8.42 Å². The van der Waals surface area contributed by atoms with Gasteiger partial charge < -0.3 is 10.1 Å². The minimum absolute atomic E-state index is 0.0428. The average molecular weight is 416 g/mol. The molecular weight excluding hydrogens is 397 g/mol. The molecule has 0 heterocycles. The second kappa shape index (κ2) is 8.09. The Morgan fingerprint density at radius 2 is 1.75 bits per heavy atom. The van der Waals surface area contributed by atoms with E-state index in [4.69, 9.17) is 0 Å². The molecule has 2 aromatic rings. The Morgan fingerprint density at radius 1 is 1.07 bits per heavy atom. The van der Waals surface area contributed by atoms with Crippen LogP contribution in [0.25, 0.3) is 0 Å². The smallest absolute Gasteiger partial charge is 0.406 e. The van der Waals surface area contributed by atoms with Crippen molar-refractivity contribution >= 4 is 27.3 Å². The van der Waals surface area contributed by atoms with Crippen molar-refractivity contribution in [3.05, 3.63) is 48.0 Å². The predicted molar refractivity (Wildman–Crippen MR) is 98.8 cm³/mol. The molecule has 2 N–H and O–H groups in total. The molecule has 2 rings (SSSR count). The first-order valence-corrected chi connectivity index (χ1v) is 9.66. The Labute approximate surface area is 160 Å². The van der Waals surface area contributed by atoms with Gasteiger partial charge >= 0.3 is 6.36 Å². The molecule has 0 unspecified atom stereocenters. The molecule has 10 heteroatoms. The number of ether oxygens (including phenoxy) is 1. The van der Waals surface area contributed by atoms with E-state index in [-0.39, 0.29) is 22.4 Å². The molecule has 0 atom stereocenters. The highest BCUT2D eigenvalue weighted by Crippen LogP contribution is 2.30. The lowest BCUT2D eigenvalue weighted by Gasteiger charge is -2.17. The summed E-state index contributed by atoms with van der Waals surface area (Å²) in [7, 11) is -4.09. The van der Waals surface area contributed by atoms with E-state index < -0.39 is 22.1 Å². The summed E-state index contributed by atoms with van der Waals surface area (Å²) in [5.74, 6) is -1.04. The molecule has 6 nitrogen and oxygen atoms in total. The number of benzene rings is 2. The van der Waals surface area contributed by atoms with Gasteiger partial charge in [0.05, 0.1) is 10.6 Å². The monoisotopic (exact) mass is 416 g/mol. The molecule has 0 bridgehead atoms. The van der Waals surface area contributed by atoms with Crippen molar-refractivity contribution in [3.63, 3.8) is 0 Å². The van der Waals surface area contributed by atoms with E-state index in [0.717, 1.165) is 12.1 Å². The standard InChI is InChI=1S/C18H19F3N2O4S/c1-11(2)16-10-13(22-12(3)24)7-8-17(16)28(25,26)23-14-5-4-6-15(9-14)27-18(19,20)21/h4-11,23H,1-3H3,(H,22,24). The number of anilines is 2. The Morgan fingerprint density at radius 3 is 2.32 bits per heavy atom. The van der Waals surface area contributed by atoms with Gasteiger partial charge in [-0.1, -0.05) is 19.9 Å². The Hall–Kier alpha value is -2.75. The number of halogens is 3. The van der Waals surface area contributed by atoms with Crippen LogP contribution < -0.4 is 14.8 Å². The van der Waals surface area contributed by atoms with Crippen LogP contribution >= 0.6 is 0 Å². The van der Waals surface area contributed by atoms with Gasteiger partial charge in [0.2, 0.25) is 5.91 Å². The van der Waals surface area contributed by atoms with Gasteiger partial charge in [-0.3, -0.25) is 9.52 Å². The predicted octanol–water partition coefficient (Wildman–Crippen LogP) is 4.47. The lowest BCUT2D eigenvalue weighted by atomic mass is 10.0. The minimum Gasteiger partial charge on any atom is -0.406 e. The van der Waals surface area contributed by atoms with E-state index in [1.165, 1.54) is 31.2 Å². The lowest BCUT2D eigenvalue weighted by molar-refractivity contribution is -0.274. The molecule has 152 valence electrons. The summed E-state index contributed by atoms with van der Waals surface area (Å²) in [6.07, 6.45) is -4.89. The maximum atomic E-state index is 12.8. The first-order chi connectivity index (χ1) is 12.9. The zero-order valence-electron chi connectivity index (χ0n) is 15.3. The van der Waals surface area contributed by atoms with Crippen molar-refractivity contribution in [2.24, 2.45) is 0 Å². The molecule has 0 spiro atoms. The normalized spacial score (nSPS) is 12.0. The van der Waals surface area contributed by atoms with Crippen molar-refractivity contribution in [2.45, 2.75) is 37.9 Å². The fourth-order valence-corrected chi connectivity index (χ4v) is 3.89. The van der Waals surface area contributed by atoms with Crippen LogP contribution in [0, 0.1) is 0 Å². The maximum Gasteiger partial charge on any atom is 0.573 e. The van der Waals surface area contributed by atoms with Crippen LogP contribution in [-0.2, 0) is 14.8 Å². The van der Waals surface area contributed by atoms with Crippen LogP contribution in [0.15, 0.2) is 47.4 Å². The number of nitrogens with one attached hydrogen (secondary N) is 2. The summed E-state index contributed by atoms with van der Waals surface area (Å²) in [5.41, 5.74) is 0.805. The number of hydrogen-bond donors (Lipinski definition) is 2. The van der Waals surface area contributed by atoms with E-state index in [2.05, 4.69) is 14.8 Å². The lowest BCUT2D eigenvalue weighted by Crippen LogP contribution is -2.18. The van der Waals surface area contributed by atoms with Gasteiger partial charge in [-0.05, 0) is 41.8 Å². The fourth-order valence-electron chi connectivity index (χ4n) is 2.49. The van der Waals surface area contributed by atoms with Gasteiger partial charge in [-0.15, -0.1) is 13.2 Å². The molecule has 0 aliphatic carbocycles. The van der Waals surface area contributed by atoms with Crippen LogP contribution in [0.1, 0.15) is 32.3 Å². The largest absolute Gasteiger partial charge is 0.573 e. The third-order valence-electron chi connectivity index (χ3n) is 3.56. The Bertz CT molecular complexity index is 973. The molecule has 28 heavy (non-hydrogen) atoms. The van der Waals surface area contributed by atoms with Crippen LogP contribution in [0.3, 0.4) is 0 Å². The molecule has 1 amide bonds. The summed E-state index contributed by atoms with van der Waals surface area (Å²) in [6.45, 7) is 4.89. The molecule has 0 radical (unpaired) electrons. The fraction of sp³-hybridized carbons (Fsp3) is 0.278. The van der Waals surface area contributed by atoms with E-state index >= 15 is 0 Å². The van der Waals surface area contributed by atoms with E-state index in [1.807, 2.05) is 0 Å². The highest BCUT2D eigenvalue weighted by atomic mass is 32.2. The number of rotatable bonds is 6. The summed E-state index contributed by atoms with van der Waals surface area (Å²) >= 11 is 0. The third kappa shape index (κ3) is 5.88. The summed E-state index contributed by atoms with van der Waals surface area (Å²) in [4.78, 5) is 11.2. The molecule has 0 aliphatic rings. The average Bonchev–Trinajstić information content (AvgIpc) is 2.52. The number of hydrogen-bond acceptors (Lipinski definition) is 4. The van der Waals surface area contributed by atoms with Gasteiger partial charge in [-0.2, -0.15) is 0 Å². The van der Waals surface area contributed by atoms with Crippen molar-refractivity contribution in [3.8, 4) is 5.75 Å². The van der Waals surface area contributed by atoms with E-state index in [0.29, 0.717) is 11.3 Å². The molecular formula is C18H19F3N2O4S. The van der Waals surface area contributed by atoms with Gasteiger partial charge in [0.25, 0.3) is 10.0 Å². The minimum atomic E-state index is -4.89. The topological polar surface area (TPSA) is 84.5 Å². The molecule has 0 saturated carbocycles. The summed E-state index contributed by atoms with van der Waals surface area (Å²) < 4.78 is 68.7. The van der Waals surface area contributed by atoms with Gasteiger partial charge in [0.1, 0.15) is 5.75 Å². The zero-order valence-corrected chi connectivity index (χ0v) is 16.1. The van der Waals surface area contributed by atoms with Crippen LogP contribution in [0.2, 0.25) is 0 Å². The summed E-state index contributed by atoms with van der Waals surface area (Å²) in [6, 6.07) is 8.86. The van der Waals surface area contributed by atoms with E-state index in [9.17, 15) is 26.4 Å². The highest BCUT2D eigenvalue weighted by molar-refractivity contribution is 7.92. The van der Waals surface area contributed by atoms with Crippen molar-refractivity contribution in [1.82, 2.24) is 0 Å². The molecule has 0 aliphatic heterocycles. The van der Waals surface area contributed by atoms with Crippen molar-refractivity contribution in [1.29, 1.82) is 0 Å². The molecule has 0 fully saturated rings. The first kappa shape index (κ1) is 21.5. The molecule has 0 aromatic heterocycles.